The number of nitrogen functional groups attached to an aromatic ring is 1. The number of rotatable bonds is 5. The van der Waals surface area contributed by atoms with Crippen LogP contribution in [-0.4, -0.2) is 21.4 Å². The zero-order valence-corrected chi connectivity index (χ0v) is 13.8. The molecule has 0 aliphatic heterocycles. The standard InChI is InChI=1S/C14H18N4OS2/c1-4-11(20-14-18-17-13(15)21-14)12(19)16-10-6-8(2)5-9(3)7-10/h5-7,11H,4H2,1-3H3,(H2,15,17)(H,16,19). The van der Waals surface area contributed by atoms with Crippen molar-refractivity contribution in [3.05, 3.63) is 29.3 Å². The average molecular weight is 322 g/mol. The predicted molar refractivity (Wildman–Crippen MR) is 88.8 cm³/mol. The van der Waals surface area contributed by atoms with E-state index in [1.54, 1.807) is 0 Å². The molecular formula is C14H18N4OS2. The minimum atomic E-state index is -0.210. The number of nitrogens with zero attached hydrogens (tertiary/aromatic N) is 2. The van der Waals surface area contributed by atoms with Crippen LogP contribution in [-0.2, 0) is 4.79 Å². The highest BCUT2D eigenvalue weighted by Crippen LogP contribution is 2.30. The Labute approximate surface area is 132 Å². The summed E-state index contributed by atoms with van der Waals surface area (Å²) in [6.45, 7) is 6.00. The maximum Gasteiger partial charge on any atom is 0.237 e. The molecule has 21 heavy (non-hydrogen) atoms. The van der Waals surface area contributed by atoms with Gasteiger partial charge in [-0.15, -0.1) is 10.2 Å². The molecule has 0 saturated heterocycles. The van der Waals surface area contributed by atoms with Gasteiger partial charge in [0.1, 0.15) is 0 Å². The Morgan fingerprint density at radius 3 is 2.52 bits per heavy atom. The number of benzene rings is 1. The molecule has 0 spiro atoms. The van der Waals surface area contributed by atoms with Crippen LogP contribution in [0.3, 0.4) is 0 Å². The number of hydrogen-bond acceptors (Lipinski definition) is 6. The van der Waals surface area contributed by atoms with E-state index >= 15 is 0 Å². The van der Waals surface area contributed by atoms with Crippen molar-refractivity contribution in [2.75, 3.05) is 11.1 Å². The van der Waals surface area contributed by atoms with Crippen molar-refractivity contribution in [1.82, 2.24) is 10.2 Å². The molecule has 0 aliphatic carbocycles. The monoisotopic (exact) mass is 322 g/mol. The van der Waals surface area contributed by atoms with E-state index in [2.05, 4.69) is 21.6 Å². The Morgan fingerprint density at radius 2 is 2.00 bits per heavy atom. The van der Waals surface area contributed by atoms with E-state index in [9.17, 15) is 4.79 Å². The summed E-state index contributed by atoms with van der Waals surface area (Å²) in [7, 11) is 0. The van der Waals surface area contributed by atoms with Gasteiger partial charge in [0.2, 0.25) is 11.0 Å². The van der Waals surface area contributed by atoms with Gasteiger partial charge in [-0.25, -0.2) is 0 Å². The number of aromatic nitrogens is 2. The highest BCUT2D eigenvalue weighted by Gasteiger charge is 2.20. The van der Waals surface area contributed by atoms with Crippen molar-refractivity contribution in [2.45, 2.75) is 36.8 Å². The molecule has 3 N–H and O–H groups in total. The van der Waals surface area contributed by atoms with Gasteiger partial charge in [0.15, 0.2) is 4.34 Å². The number of amides is 1. The van der Waals surface area contributed by atoms with Gasteiger partial charge < -0.3 is 11.1 Å². The number of aryl methyl sites for hydroxylation is 2. The summed E-state index contributed by atoms with van der Waals surface area (Å²) in [5.74, 6) is -0.0266. The quantitative estimate of drug-likeness (QED) is 0.826. The largest absolute Gasteiger partial charge is 0.374 e. The summed E-state index contributed by atoms with van der Waals surface area (Å²) in [6, 6.07) is 6.00. The Balaban J connectivity index is 2.05. The minimum absolute atomic E-state index is 0.0266. The van der Waals surface area contributed by atoms with E-state index in [0.29, 0.717) is 11.6 Å². The predicted octanol–water partition coefficient (Wildman–Crippen LogP) is 3.25. The fourth-order valence-electron chi connectivity index (χ4n) is 1.98. The molecule has 7 heteroatoms. The van der Waals surface area contributed by atoms with Crippen LogP contribution >= 0.6 is 23.1 Å². The molecule has 112 valence electrons. The maximum absolute atomic E-state index is 12.4. The van der Waals surface area contributed by atoms with E-state index in [4.69, 9.17) is 5.73 Å². The first-order chi connectivity index (χ1) is 9.97. The Kier molecular flexibility index (Phi) is 5.19. The molecule has 1 heterocycles. The van der Waals surface area contributed by atoms with Crippen molar-refractivity contribution < 1.29 is 4.79 Å². The summed E-state index contributed by atoms with van der Waals surface area (Å²) >= 11 is 2.70. The van der Waals surface area contributed by atoms with Gasteiger partial charge in [-0.05, 0) is 43.5 Å². The molecule has 5 nitrogen and oxygen atoms in total. The second-order valence-electron chi connectivity index (χ2n) is 4.79. The van der Waals surface area contributed by atoms with Gasteiger partial charge in [-0.2, -0.15) is 0 Å². The zero-order valence-electron chi connectivity index (χ0n) is 12.2. The fourth-order valence-corrected chi connectivity index (χ4v) is 3.78. The lowest BCUT2D eigenvalue weighted by Gasteiger charge is -2.13. The van der Waals surface area contributed by atoms with Crippen LogP contribution in [0.15, 0.2) is 22.5 Å². The number of carbonyl (C=O) groups is 1. The number of nitrogens with one attached hydrogen (secondary N) is 1. The summed E-state index contributed by atoms with van der Waals surface area (Å²) in [5.41, 5.74) is 8.64. The van der Waals surface area contributed by atoms with Crippen LogP contribution in [0, 0.1) is 13.8 Å². The molecule has 0 radical (unpaired) electrons. The van der Waals surface area contributed by atoms with Gasteiger partial charge in [-0.1, -0.05) is 36.1 Å². The third-order valence-corrected chi connectivity index (χ3v) is 5.02. The first kappa shape index (κ1) is 15.8. The lowest BCUT2D eigenvalue weighted by molar-refractivity contribution is -0.115. The highest BCUT2D eigenvalue weighted by atomic mass is 32.2. The van der Waals surface area contributed by atoms with Crippen molar-refractivity contribution in [2.24, 2.45) is 0 Å². The summed E-state index contributed by atoms with van der Waals surface area (Å²) < 4.78 is 0.718. The molecule has 0 fully saturated rings. The van der Waals surface area contributed by atoms with Gasteiger partial charge in [0.05, 0.1) is 5.25 Å². The molecule has 2 rings (SSSR count). The van der Waals surface area contributed by atoms with Crippen LogP contribution in [0.2, 0.25) is 0 Å². The van der Waals surface area contributed by atoms with Crippen LogP contribution in [0.1, 0.15) is 24.5 Å². The Hall–Kier alpha value is -1.60. The van der Waals surface area contributed by atoms with E-state index in [1.807, 2.05) is 32.9 Å². The maximum atomic E-state index is 12.4. The van der Waals surface area contributed by atoms with Gasteiger partial charge in [0.25, 0.3) is 0 Å². The molecule has 1 aromatic carbocycles. The SMILES string of the molecule is CCC(Sc1nnc(N)s1)C(=O)Nc1cc(C)cc(C)c1. The first-order valence-electron chi connectivity index (χ1n) is 6.62. The Morgan fingerprint density at radius 1 is 1.33 bits per heavy atom. The highest BCUT2D eigenvalue weighted by molar-refractivity contribution is 8.02. The Bertz CT molecular complexity index is 621. The number of thioether (sulfide) groups is 1. The van der Waals surface area contributed by atoms with Crippen molar-refractivity contribution in [3.63, 3.8) is 0 Å². The second-order valence-corrected chi connectivity index (χ2v) is 7.25. The van der Waals surface area contributed by atoms with Crippen molar-refractivity contribution >= 4 is 39.8 Å². The van der Waals surface area contributed by atoms with Gasteiger partial charge in [-0.3, -0.25) is 4.79 Å². The molecule has 1 unspecified atom stereocenters. The lowest BCUT2D eigenvalue weighted by Crippen LogP contribution is -2.24. The van der Waals surface area contributed by atoms with Crippen LogP contribution in [0.4, 0.5) is 10.8 Å². The third-order valence-electron chi connectivity index (χ3n) is 2.82. The van der Waals surface area contributed by atoms with Gasteiger partial charge >= 0.3 is 0 Å². The fraction of sp³-hybridized carbons (Fsp3) is 0.357. The smallest absolute Gasteiger partial charge is 0.237 e. The topological polar surface area (TPSA) is 80.9 Å². The summed E-state index contributed by atoms with van der Waals surface area (Å²) in [5, 5.41) is 10.9. The van der Waals surface area contributed by atoms with Gasteiger partial charge in [0, 0.05) is 5.69 Å². The molecular weight excluding hydrogens is 304 g/mol. The number of carbonyl (C=O) groups excluding carboxylic acids is 1. The summed E-state index contributed by atoms with van der Waals surface area (Å²) in [4.78, 5) is 12.4. The lowest BCUT2D eigenvalue weighted by atomic mass is 10.1. The molecule has 1 amide bonds. The van der Waals surface area contributed by atoms with E-state index in [-0.39, 0.29) is 11.2 Å². The van der Waals surface area contributed by atoms with Crippen LogP contribution in [0.5, 0.6) is 0 Å². The third kappa shape index (κ3) is 4.44. The van der Waals surface area contributed by atoms with Crippen molar-refractivity contribution in [1.29, 1.82) is 0 Å². The van der Waals surface area contributed by atoms with E-state index in [0.717, 1.165) is 21.2 Å². The molecule has 2 aromatic rings. The van der Waals surface area contributed by atoms with Crippen LogP contribution in [0.25, 0.3) is 0 Å². The summed E-state index contributed by atoms with van der Waals surface area (Å²) in [6.07, 6.45) is 0.709. The second kappa shape index (κ2) is 6.91. The van der Waals surface area contributed by atoms with E-state index < -0.39 is 0 Å². The zero-order chi connectivity index (χ0) is 15.4. The molecule has 0 bridgehead atoms. The average Bonchev–Trinajstić information content (AvgIpc) is 2.80. The normalized spacial score (nSPS) is 12.1. The van der Waals surface area contributed by atoms with E-state index in [1.165, 1.54) is 23.1 Å². The molecule has 1 aromatic heterocycles. The molecule has 1 atom stereocenters. The molecule has 0 saturated carbocycles. The van der Waals surface area contributed by atoms with Crippen molar-refractivity contribution in [3.8, 4) is 0 Å². The number of hydrogen-bond donors (Lipinski definition) is 2. The first-order valence-corrected chi connectivity index (χ1v) is 8.32. The number of nitrogens with two attached hydrogens (primary N) is 1. The molecule has 0 aliphatic rings. The van der Waals surface area contributed by atoms with Crippen LogP contribution < -0.4 is 11.1 Å². The number of anilines is 2. The minimum Gasteiger partial charge on any atom is -0.374 e.